The van der Waals surface area contributed by atoms with Crippen molar-refractivity contribution in [2.24, 2.45) is 11.1 Å². The van der Waals surface area contributed by atoms with Crippen molar-refractivity contribution in [2.75, 3.05) is 0 Å². The Labute approximate surface area is 83.2 Å². The Morgan fingerprint density at radius 3 is 2.46 bits per heavy atom. The lowest BCUT2D eigenvalue weighted by molar-refractivity contribution is 0.441. The molecule has 1 fully saturated rings. The molecule has 1 aliphatic rings. The van der Waals surface area contributed by atoms with Gasteiger partial charge in [-0.15, -0.1) is 11.3 Å². The Bertz CT molecular complexity index is 326. The highest BCUT2D eigenvalue weighted by molar-refractivity contribution is 7.11. The van der Waals surface area contributed by atoms with E-state index in [1.54, 1.807) is 11.3 Å². The van der Waals surface area contributed by atoms with Crippen molar-refractivity contribution in [1.82, 2.24) is 4.98 Å². The van der Waals surface area contributed by atoms with E-state index in [0.717, 1.165) is 10.7 Å². The number of aryl methyl sites for hydroxylation is 2. The van der Waals surface area contributed by atoms with Crippen molar-refractivity contribution in [2.45, 2.75) is 39.7 Å². The van der Waals surface area contributed by atoms with Gasteiger partial charge in [-0.3, -0.25) is 0 Å². The highest BCUT2D eigenvalue weighted by Gasteiger charge is 2.45. The molecule has 0 bridgehead atoms. The predicted octanol–water partition coefficient (Wildman–Crippen LogP) is 2.56. The van der Waals surface area contributed by atoms with Gasteiger partial charge >= 0.3 is 0 Å². The first-order chi connectivity index (χ1) is 6.03. The van der Waals surface area contributed by atoms with Crippen molar-refractivity contribution >= 4 is 11.3 Å². The number of aromatic nitrogens is 1. The minimum absolute atomic E-state index is 0.150. The molecule has 72 valence electrons. The molecular weight excluding hydrogens is 180 g/mol. The van der Waals surface area contributed by atoms with Gasteiger partial charge in [0.05, 0.1) is 16.7 Å². The SMILES string of the molecule is Cc1nc([C@H](N)C2(C)CC2)c(C)s1. The smallest absolute Gasteiger partial charge is 0.0900 e. The third kappa shape index (κ3) is 1.51. The molecule has 0 spiro atoms. The molecule has 0 aromatic carbocycles. The van der Waals surface area contributed by atoms with E-state index in [-0.39, 0.29) is 6.04 Å². The zero-order valence-corrected chi connectivity index (χ0v) is 9.24. The maximum atomic E-state index is 6.19. The maximum absolute atomic E-state index is 6.19. The molecule has 0 unspecified atom stereocenters. The molecule has 1 heterocycles. The standard InChI is InChI=1S/C10H16N2S/c1-6-8(12-7(2)13-6)9(11)10(3)4-5-10/h9H,4-5,11H2,1-3H3/t9-/m0/s1. The van der Waals surface area contributed by atoms with Crippen LogP contribution < -0.4 is 5.73 Å². The minimum Gasteiger partial charge on any atom is -0.322 e. The summed E-state index contributed by atoms with van der Waals surface area (Å²) < 4.78 is 0. The van der Waals surface area contributed by atoms with E-state index in [1.165, 1.54) is 17.7 Å². The number of hydrogen-bond donors (Lipinski definition) is 1. The summed E-state index contributed by atoms with van der Waals surface area (Å²) in [7, 11) is 0. The van der Waals surface area contributed by atoms with Gasteiger partial charge in [0, 0.05) is 4.88 Å². The van der Waals surface area contributed by atoms with Crippen molar-refractivity contribution in [3.05, 3.63) is 15.6 Å². The third-order valence-corrected chi connectivity index (χ3v) is 3.93. The summed E-state index contributed by atoms with van der Waals surface area (Å²) in [6.45, 7) is 6.42. The van der Waals surface area contributed by atoms with Crippen LogP contribution in [0.15, 0.2) is 0 Å². The van der Waals surface area contributed by atoms with Gasteiger partial charge < -0.3 is 5.73 Å². The van der Waals surface area contributed by atoms with E-state index in [2.05, 4.69) is 18.8 Å². The average Bonchev–Trinajstić information content (AvgIpc) is 2.71. The Morgan fingerprint density at radius 1 is 1.46 bits per heavy atom. The van der Waals surface area contributed by atoms with Gasteiger partial charge in [0.25, 0.3) is 0 Å². The normalized spacial score (nSPS) is 21.5. The molecule has 1 saturated carbocycles. The van der Waals surface area contributed by atoms with E-state index in [4.69, 9.17) is 5.73 Å². The molecule has 2 nitrogen and oxygen atoms in total. The number of rotatable bonds is 2. The molecule has 1 aromatic heterocycles. The van der Waals surface area contributed by atoms with E-state index < -0.39 is 0 Å². The number of thiazole rings is 1. The minimum atomic E-state index is 0.150. The molecular formula is C10H16N2S. The zero-order chi connectivity index (χ0) is 9.64. The van der Waals surface area contributed by atoms with E-state index >= 15 is 0 Å². The van der Waals surface area contributed by atoms with Gasteiger partial charge in [-0.05, 0) is 32.1 Å². The van der Waals surface area contributed by atoms with Crippen LogP contribution in [0.25, 0.3) is 0 Å². The fourth-order valence-corrected chi connectivity index (χ4v) is 2.54. The largest absolute Gasteiger partial charge is 0.322 e. The average molecular weight is 196 g/mol. The molecule has 0 amide bonds. The first-order valence-corrected chi connectivity index (χ1v) is 5.54. The van der Waals surface area contributed by atoms with Gasteiger partial charge in [-0.1, -0.05) is 6.92 Å². The summed E-state index contributed by atoms with van der Waals surface area (Å²) in [5.41, 5.74) is 7.66. The molecule has 1 atom stereocenters. The first-order valence-electron chi connectivity index (χ1n) is 4.72. The highest BCUT2D eigenvalue weighted by atomic mass is 32.1. The third-order valence-electron chi connectivity index (χ3n) is 3.02. The molecule has 0 aliphatic heterocycles. The Hall–Kier alpha value is -0.410. The second-order valence-corrected chi connectivity index (χ2v) is 5.71. The number of nitrogens with two attached hydrogens (primary N) is 1. The van der Waals surface area contributed by atoms with Crippen molar-refractivity contribution in [3.63, 3.8) is 0 Å². The fraction of sp³-hybridized carbons (Fsp3) is 0.700. The molecule has 0 radical (unpaired) electrons. The Kier molecular flexibility index (Phi) is 1.96. The number of hydrogen-bond acceptors (Lipinski definition) is 3. The van der Waals surface area contributed by atoms with Crippen LogP contribution in [0.5, 0.6) is 0 Å². The van der Waals surface area contributed by atoms with E-state index in [0.29, 0.717) is 5.41 Å². The van der Waals surface area contributed by atoms with Crippen LogP contribution in [0.1, 0.15) is 41.4 Å². The Balaban J connectivity index is 2.29. The van der Waals surface area contributed by atoms with Crippen molar-refractivity contribution in [1.29, 1.82) is 0 Å². The second-order valence-electron chi connectivity index (χ2n) is 4.31. The summed E-state index contributed by atoms with van der Waals surface area (Å²) in [6, 6.07) is 0.150. The van der Waals surface area contributed by atoms with E-state index in [1.807, 2.05) is 6.92 Å². The topological polar surface area (TPSA) is 38.9 Å². The van der Waals surface area contributed by atoms with Crippen LogP contribution in [-0.2, 0) is 0 Å². The monoisotopic (exact) mass is 196 g/mol. The predicted molar refractivity (Wildman–Crippen MR) is 55.9 cm³/mol. The molecule has 2 rings (SSSR count). The van der Waals surface area contributed by atoms with Gasteiger partial charge in [-0.25, -0.2) is 4.98 Å². The maximum Gasteiger partial charge on any atom is 0.0900 e. The fourth-order valence-electron chi connectivity index (χ4n) is 1.67. The van der Waals surface area contributed by atoms with Crippen LogP contribution in [0.4, 0.5) is 0 Å². The van der Waals surface area contributed by atoms with Crippen LogP contribution in [0.2, 0.25) is 0 Å². The summed E-state index contributed by atoms with van der Waals surface area (Å²) in [4.78, 5) is 5.80. The van der Waals surface area contributed by atoms with Crippen LogP contribution in [0, 0.1) is 19.3 Å². The summed E-state index contributed by atoms with van der Waals surface area (Å²) in [5, 5.41) is 1.13. The van der Waals surface area contributed by atoms with Gasteiger partial charge in [0.1, 0.15) is 0 Å². The lowest BCUT2D eigenvalue weighted by Gasteiger charge is -2.17. The zero-order valence-electron chi connectivity index (χ0n) is 8.42. The van der Waals surface area contributed by atoms with Gasteiger partial charge in [-0.2, -0.15) is 0 Å². The summed E-state index contributed by atoms with van der Waals surface area (Å²) in [5.74, 6) is 0. The summed E-state index contributed by atoms with van der Waals surface area (Å²) in [6.07, 6.45) is 2.51. The number of nitrogens with zero attached hydrogens (tertiary/aromatic N) is 1. The van der Waals surface area contributed by atoms with Gasteiger partial charge in [0.15, 0.2) is 0 Å². The van der Waals surface area contributed by atoms with Crippen LogP contribution in [0.3, 0.4) is 0 Å². The molecule has 13 heavy (non-hydrogen) atoms. The molecule has 1 aromatic rings. The van der Waals surface area contributed by atoms with Gasteiger partial charge in [0.2, 0.25) is 0 Å². The first kappa shape index (κ1) is 9.16. The highest BCUT2D eigenvalue weighted by Crippen LogP contribution is 2.53. The second kappa shape index (κ2) is 2.79. The molecule has 1 aliphatic carbocycles. The molecule has 3 heteroatoms. The van der Waals surface area contributed by atoms with E-state index in [9.17, 15) is 0 Å². The lowest BCUT2D eigenvalue weighted by atomic mass is 9.96. The molecule has 0 saturated heterocycles. The quantitative estimate of drug-likeness (QED) is 0.789. The van der Waals surface area contributed by atoms with Crippen molar-refractivity contribution < 1.29 is 0 Å². The van der Waals surface area contributed by atoms with Crippen molar-refractivity contribution in [3.8, 4) is 0 Å². The Morgan fingerprint density at radius 2 is 2.08 bits per heavy atom. The lowest BCUT2D eigenvalue weighted by Crippen LogP contribution is -2.21. The van der Waals surface area contributed by atoms with Crippen LogP contribution >= 0.6 is 11.3 Å². The molecule has 2 N–H and O–H groups in total. The summed E-state index contributed by atoms with van der Waals surface area (Å²) >= 11 is 1.75. The van der Waals surface area contributed by atoms with Crippen LogP contribution in [-0.4, -0.2) is 4.98 Å².